The van der Waals surface area contributed by atoms with E-state index in [1.165, 1.54) is 5.56 Å². The Morgan fingerprint density at radius 2 is 2.05 bits per heavy atom. The molecule has 0 radical (unpaired) electrons. The minimum Gasteiger partial charge on any atom is -0.494 e. The maximum Gasteiger partial charge on any atom is 0.191 e. The van der Waals surface area contributed by atoms with Crippen LogP contribution in [0.25, 0.3) is 0 Å². The Labute approximate surface area is 139 Å². The Kier molecular flexibility index (Phi) is 9.37. The summed E-state index contributed by atoms with van der Waals surface area (Å²) in [7, 11) is 1.78. The van der Waals surface area contributed by atoms with Crippen molar-refractivity contribution in [1.82, 2.24) is 10.6 Å². The summed E-state index contributed by atoms with van der Waals surface area (Å²) in [6.45, 7) is 9.69. The number of hydrogen-bond acceptors (Lipinski definition) is 2. The van der Waals surface area contributed by atoms with Gasteiger partial charge in [0.15, 0.2) is 5.96 Å². The lowest BCUT2D eigenvalue weighted by Crippen LogP contribution is -2.40. The Hall–Kier alpha value is -0.980. The number of benzene rings is 1. The van der Waals surface area contributed by atoms with Gasteiger partial charge in [-0.2, -0.15) is 0 Å². The zero-order valence-electron chi connectivity index (χ0n) is 13.0. The molecule has 1 rings (SSSR count). The van der Waals surface area contributed by atoms with Crippen LogP contribution in [0.1, 0.15) is 31.9 Å². The largest absolute Gasteiger partial charge is 0.494 e. The number of ether oxygens (including phenoxy) is 1. The lowest BCUT2D eigenvalue weighted by Gasteiger charge is -2.15. The van der Waals surface area contributed by atoms with Gasteiger partial charge < -0.3 is 15.4 Å². The molecule has 0 heterocycles. The fraction of sp³-hybridized carbons (Fsp3) is 0.533. The van der Waals surface area contributed by atoms with Gasteiger partial charge in [-0.1, -0.05) is 12.1 Å². The third-order valence-corrected chi connectivity index (χ3v) is 2.65. The van der Waals surface area contributed by atoms with Crippen LogP contribution in [0.5, 0.6) is 5.75 Å². The van der Waals surface area contributed by atoms with Crippen LogP contribution < -0.4 is 15.4 Å². The molecule has 114 valence electrons. The van der Waals surface area contributed by atoms with Crippen molar-refractivity contribution in [2.45, 2.75) is 40.3 Å². The van der Waals surface area contributed by atoms with E-state index in [9.17, 15) is 0 Å². The Morgan fingerprint density at radius 3 is 2.55 bits per heavy atom. The van der Waals surface area contributed by atoms with E-state index < -0.39 is 0 Å². The molecule has 4 nitrogen and oxygen atoms in total. The van der Waals surface area contributed by atoms with E-state index in [0.717, 1.165) is 23.8 Å². The van der Waals surface area contributed by atoms with E-state index in [1.807, 2.05) is 13.0 Å². The molecular formula is C15H26IN3O. The summed E-state index contributed by atoms with van der Waals surface area (Å²) in [5.41, 5.74) is 2.38. The van der Waals surface area contributed by atoms with E-state index in [-0.39, 0.29) is 24.0 Å². The molecule has 20 heavy (non-hydrogen) atoms. The van der Waals surface area contributed by atoms with Gasteiger partial charge in [-0.15, -0.1) is 24.0 Å². The molecule has 1 aromatic rings. The highest BCUT2D eigenvalue weighted by Crippen LogP contribution is 2.18. The summed E-state index contributed by atoms with van der Waals surface area (Å²) in [4.78, 5) is 4.18. The molecule has 0 aliphatic heterocycles. The first-order valence-electron chi connectivity index (χ1n) is 6.76. The van der Waals surface area contributed by atoms with Crippen molar-refractivity contribution in [2.75, 3.05) is 13.7 Å². The summed E-state index contributed by atoms with van der Waals surface area (Å²) in [5.74, 6) is 1.78. The molecule has 0 aliphatic carbocycles. The molecule has 0 aromatic heterocycles. The third kappa shape index (κ3) is 6.45. The zero-order chi connectivity index (χ0) is 14.3. The summed E-state index contributed by atoms with van der Waals surface area (Å²) in [6.07, 6.45) is 0. The zero-order valence-corrected chi connectivity index (χ0v) is 15.3. The third-order valence-electron chi connectivity index (χ3n) is 2.65. The van der Waals surface area contributed by atoms with Crippen molar-refractivity contribution in [1.29, 1.82) is 0 Å². The first-order chi connectivity index (χ1) is 9.06. The second-order valence-electron chi connectivity index (χ2n) is 4.76. The van der Waals surface area contributed by atoms with E-state index in [4.69, 9.17) is 4.74 Å². The number of nitrogens with one attached hydrogen (secondary N) is 2. The van der Waals surface area contributed by atoms with Crippen molar-refractivity contribution in [3.63, 3.8) is 0 Å². The van der Waals surface area contributed by atoms with Gasteiger partial charge in [0, 0.05) is 19.6 Å². The van der Waals surface area contributed by atoms with Gasteiger partial charge in [0.05, 0.1) is 6.61 Å². The van der Waals surface area contributed by atoms with Crippen LogP contribution in [0.15, 0.2) is 23.2 Å². The van der Waals surface area contributed by atoms with Gasteiger partial charge in [0.1, 0.15) is 5.75 Å². The normalized spacial score (nSPS) is 11.0. The van der Waals surface area contributed by atoms with Crippen molar-refractivity contribution in [3.05, 3.63) is 29.3 Å². The molecule has 0 fully saturated rings. The van der Waals surface area contributed by atoms with Crippen molar-refractivity contribution in [2.24, 2.45) is 4.99 Å². The number of hydrogen-bond donors (Lipinski definition) is 2. The first kappa shape index (κ1) is 19.0. The average molecular weight is 391 g/mol. The van der Waals surface area contributed by atoms with Gasteiger partial charge in [-0.25, -0.2) is 0 Å². The monoisotopic (exact) mass is 391 g/mol. The number of aliphatic imine (C=N–C) groups is 1. The van der Waals surface area contributed by atoms with E-state index >= 15 is 0 Å². The van der Waals surface area contributed by atoms with Crippen LogP contribution in [0.4, 0.5) is 0 Å². The number of nitrogens with zero attached hydrogens (tertiary/aromatic N) is 1. The quantitative estimate of drug-likeness (QED) is 0.461. The number of halogens is 1. The maximum absolute atomic E-state index is 5.53. The van der Waals surface area contributed by atoms with Crippen molar-refractivity contribution in [3.8, 4) is 5.75 Å². The van der Waals surface area contributed by atoms with Crippen molar-refractivity contribution < 1.29 is 4.74 Å². The topological polar surface area (TPSA) is 45.6 Å². The van der Waals surface area contributed by atoms with Gasteiger partial charge in [0.25, 0.3) is 0 Å². The SMILES string of the molecule is CCOc1ccc(CNC(=NC)NC(C)C)cc1C.I. The smallest absolute Gasteiger partial charge is 0.191 e. The van der Waals surface area contributed by atoms with E-state index in [2.05, 4.69) is 48.5 Å². The van der Waals surface area contributed by atoms with Crippen LogP contribution in [-0.4, -0.2) is 25.7 Å². The highest BCUT2D eigenvalue weighted by molar-refractivity contribution is 14.0. The lowest BCUT2D eigenvalue weighted by molar-refractivity contribution is 0.338. The van der Waals surface area contributed by atoms with Crippen LogP contribution in [0, 0.1) is 6.92 Å². The predicted octanol–water partition coefficient (Wildman–Crippen LogP) is 3.09. The van der Waals surface area contributed by atoms with E-state index in [1.54, 1.807) is 7.05 Å². The highest BCUT2D eigenvalue weighted by atomic mass is 127. The molecule has 5 heteroatoms. The second-order valence-corrected chi connectivity index (χ2v) is 4.76. The summed E-state index contributed by atoms with van der Waals surface area (Å²) >= 11 is 0. The minimum absolute atomic E-state index is 0. The Morgan fingerprint density at radius 1 is 1.35 bits per heavy atom. The molecule has 0 unspecified atom stereocenters. The van der Waals surface area contributed by atoms with Crippen molar-refractivity contribution >= 4 is 29.9 Å². The fourth-order valence-electron chi connectivity index (χ4n) is 1.79. The number of rotatable bonds is 5. The summed E-state index contributed by atoms with van der Waals surface area (Å²) < 4.78 is 5.53. The van der Waals surface area contributed by atoms with Crippen LogP contribution in [-0.2, 0) is 6.54 Å². The molecule has 0 amide bonds. The number of guanidine groups is 1. The first-order valence-corrected chi connectivity index (χ1v) is 6.76. The standard InChI is InChI=1S/C15H25N3O.HI/c1-6-19-14-8-7-13(9-12(14)4)10-17-15(16-5)18-11(2)3;/h7-9,11H,6,10H2,1-5H3,(H2,16,17,18);1H. The van der Waals surface area contributed by atoms with Gasteiger partial charge in [0.2, 0.25) is 0 Å². The Bertz CT molecular complexity index is 433. The molecule has 0 saturated heterocycles. The molecule has 0 atom stereocenters. The van der Waals surface area contributed by atoms with Crippen LogP contribution in [0.2, 0.25) is 0 Å². The molecule has 1 aromatic carbocycles. The lowest BCUT2D eigenvalue weighted by atomic mass is 10.1. The summed E-state index contributed by atoms with van der Waals surface area (Å²) in [5, 5.41) is 6.55. The maximum atomic E-state index is 5.53. The Balaban J connectivity index is 0.00000361. The van der Waals surface area contributed by atoms with E-state index in [0.29, 0.717) is 12.6 Å². The van der Waals surface area contributed by atoms with Gasteiger partial charge in [-0.3, -0.25) is 4.99 Å². The molecular weight excluding hydrogens is 365 g/mol. The molecule has 0 aliphatic rings. The minimum atomic E-state index is 0. The van der Waals surface area contributed by atoms with Crippen LogP contribution >= 0.6 is 24.0 Å². The molecule has 0 spiro atoms. The molecule has 0 saturated carbocycles. The van der Waals surface area contributed by atoms with Gasteiger partial charge in [-0.05, 0) is 44.9 Å². The van der Waals surface area contributed by atoms with Gasteiger partial charge >= 0.3 is 0 Å². The predicted molar refractivity (Wildman–Crippen MR) is 96.2 cm³/mol. The van der Waals surface area contributed by atoms with Crippen LogP contribution in [0.3, 0.4) is 0 Å². The fourth-order valence-corrected chi connectivity index (χ4v) is 1.79. The average Bonchev–Trinajstić information content (AvgIpc) is 2.37. The highest BCUT2D eigenvalue weighted by Gasteiger charge is 2.03. The molecule has 2 N–H and O–H groups in total. The summed E-state index contributed by atoms with van der Waals surface area (Å²) in [6, 6.07) is 6.61. The number of aryl methyl sites for hydroxylation is 1. The second kappa shape index (κ2) is 9.85. The molecule has 0 bridgehead atoms.